The zero-order valence-electron chi connectivity index (χ0n) is 47.6. The number of fused-ring (bicyclic) bond motifs is 6. The molecule has 2 aromatic heterocycles. The Morgan fingerprint density at radius 3 is 1.19 bits per heavy atom. The van der Waals surface area contributed by atoms with Crippen LogP contribution in [0, 0.1) is 85.1 Å². The fraction of sp³-hybridized carbons (Fsp3) is 0.0260. The molecule has 13 aromatic rings. The smallest absolute Gasteiger partial charge is 0.310 e. The Morgan fingerprint density at radius 1 is 0.341 bits per heavy atom. The van der Waals surface area contributed by atoms with Gasteiger partial charge in [0, 0.05) is 49.5 Å². The van der Waals surface area contributed by atoms with Crippen LogP contribution in [0.1, 0.15) is 33.4 Å². The number of halogens is 3. The highest BCUT2D eigenvalue weighted by atomic mass is 19.4. The average Bonchev–Trinajstić information content (AvgIpc) is 1.60. The first-order valence-corrected chi connectivity index (χ1v) is 27.9. The summed E-state index contributed by atoms with van der Waals surface area (Å²) >= 11 is 0. The lowest BCUT2D eigenvalue weighted by Crippen LogP contribution is -2.05. The normalized spacial score (nSPS) is 11.0. The van der Waals surface area contributed by atoms with E-state index in [-0.39, 0.29) is 16.9 Å². The molecule has 0 atom stereocenters. The number of hydrogen-bond acceptors (Lipinski definition) is 4. The SMILES string of the molecule is [C-]#[N+]c1ccc(-c2ccc3c(c2)c2cc(-c4ccc([N+]#[C-])cc4[N+]#[C-])ccc2n3-c2cc(-c3ccc(C(F)(F)F)cc3C)ccc2-c2ccc([N+]#[C-])cc2-n2c3ccc(-c4ccc(C#N)cc4C#N)cc3c3cc(-c4ccc(C#N)cc4[N+]#[C-])ccc32)c(C#N)c1. The van der Waals surface area contributed by atoms with Gasteiger partial charge in [0.05, 0.1) is 102 Å². The molecule has 91 heavy (non-hydrogen) atoms. The molecule has 0 aliphatic heterocycles. The minimum Gasteiger partial charge on any atom is -0.310 e. The minimum absolute atomic E-state index is 0.272. The molecule has 0 bridgehead atoms. The predicted octanol–water partition coefficient (Wildman–Crippen LogP) is 21.5. The summed E-state index contributed by atoms with van der Waals surface area (Å²) in [5.41, 5.74) is 13.6. The molecule has 0 aliphatic carbocycles. The lowest BCUT2D eigenvalue weighted by Gasteiger charge is -2.21. The third-order valence-electron chi connectivity index (χ3n) is 16.5. The fourth-order valence-corrected chi connectivity index (χ4v) is 12.3. The van der Waals surface area contributed by atoms with Crippen LogP contribution in [0.25, 0.3) is 146 Å². The highest BCUT2D eigenvalue weighted by molar-refractivity contribution is 6.15. The van der Waals surface area contributed by atoms with Gasteiger partial charge in [0.1, 0.15) is 0 Å². The van der Waals surface area contributed by atoms with Crippen LogP contribution >= 0.6 is 0 Å². The summed E-state index contributed by atoms with van der Waals surface area (Å²) in [7, 11) is 0. The Bertz CT molecular complexity index is 5530. The van der Waals surface area contributed by atoms with Crippen molar-refractivity contribution in [3.8, 4) is 102 Å². The van der Waals surface area contributed by atoms with Crippen molar-refractivity contribution in [1.82, 2.24) is 9.13 Å². The monoisotopic (exact) mass is 1170 g/mol. The summed E-state index contributed by atoms with van der Waals surface area (Å²) in [6, 6.07) is 66.5. The number of benzene rings is 11. The lowest BCUT2D eigenvalue weighted by atomic mass is 9.93. The van der Waals surface area contributed by atoms with E-state index in [0.29, 0.717) is 140 Å². The zero-order chi connectivity index (χ0) is 63.4. The summed E-state index contributed by atoms with van der Waals surface area (Å²) < 4.78 is 47.1. The molecule has 11 nitrogen and oxygen atoms in total. The Labute approximate surface area is 519 Å². The topological polar surface area (TPSA) is 127 Å². The molecule has 13 rings (SSSR count). The molecule has 0 saturated heterocycles. The van der Waals surface area contributed by atoms with E-state index in [0.717, 1.165) is 33.7 Å². The molecule has 0 amide bonds. The number of aryl methyl sites for hydroxylation is 1. The van der Waals surface area contributed by atoms with Gasteiger partial charge in [-0.1, -0.05) is 97.1 Å². The highest BCUT2D eigenvalue weighted by Crippen LogP contribution is 2.48. The van der Waals surface area contributed by atoms with Crippen LogP contribution in [-0.4, -0.2) is 9.13 Å². The molecule has 0 fully saturated rings. The zero-order valence-corrected chi connectivity index (χ0v) is 47.6. The van der Waals surface area contributed by atoms with E-state index in [9.17, 15) is 34.2 Å². The van der Waals surface area contributed by atoms with Crippen LogP contribution in [0.2, 0.25) is 0 Å². The maximum absolute atomic E-state index is 14.3. The predicted molar refractivity (Wildman–Crippen MR) is 348 cm³/mol. The molecule has 420 valence electrons. The van der Waals surface area contributed by atoms with Gasteiger partial charge in [0.15, 0.2) is 28.4 Å². The molecule has 0 unspecified atom stereocenters. The van der Waals surface area contributed by atoms with E-state index in [4.69, 9.17) is 32.9 Å². The Balaban J connectivity index is 1.13. The van der Waals surface area contributed by atoms with Crippen molar-refractivity contribution in [2.75, 3.05) is 0 Å². The number of alkyl halides is 3. The molecule has 0 N–H and O–H groups in total. The van der Waals surface area contributed by atoms with E-state index in [2.05, 4.69) is 57.6 Å². The molecular weight excluding hydrogens is 1140 g/mol. The summed E-state index contributed by atoms with van der Waals surface area (Å²) in [5, 5.41) is 43.3. The van der Waals surface area contributed by atoms with Crippen LogP contribution < -0.4 is 0 Å². The molecule has 14 heteroatoms. The first-order valence-electron chi connectivity index (χ1n) is 27.9. The second-order valence-corrected chi connectivity index (χ2v) is 21.5. The summed E-state index contributed by atoms with van der Waals surface area (Å²) in [6.07, 6.45) is -4.60. The Kier molecular flexibility index (Phi) is 13.8. The van der Waals surface area contributed by atoms with Gasteiger partial charge in [0.25, 0.3) is 0 Å². The van der Waals surface area contributed by atoms with Gasteiger partial charge in [-0.3, -0.25) is 0 Å². The molecular formula is C77H36F3N11. The minimum atomic E-state index is -4.60. The molecule has 0 radical (unpaired) electrons. The molecule has 0 spiro atoms. The van der Waals surface area contributed by atoms with Crippen LogP contribution in [0.5, 0.6) is 0 Å². The van der Waals surface area contributed by atoms with E-state index in [1.807, 2.05) is 97.1 Å². The third-order valence-corrected chi connectivity index (χ3v) is 16.5. The third kappa shape index (κ3) is 9.59. The number of aromatic nitrogens is 2. The first-order chi connectivity index (χ1) is 44.2. The second kappa shape index (κ2) is 22.3. The number of hydrogen-bond donors (Lipinski definition) is 0. The summed E-state index contributed by atoms with van der Waals surface area (Å²) in [6.45, 7) is 41.7. The van der Waals surface area contributed by atoms with Crippen molar-refractivity contribution in [2.45, 2.75) is 13.1 Å². The van der Waals surface area contributed by atoms with E-state index < -0.39 is 11.7 Å². The Hall–Kier alpha value is -13.8. The average molecular weight is 1170 g/mol. The molecule has 2 heterocycles. The fourth-order valence-electron chi connectivity index (χ4n) is 12.3. The van der Waals surface area contributed by atoms with Gasteiger partial charge in [-0.25, -0.2) is 24.2 Å². The van der Waals surface area contributed by atoms with Gasteiger partial charge in [-0.05, 0) is 171 Å². The van der Waals surface area contributed by atoms with Crippen molar-refractivity contribution in [3.05, 3.63) is 291 Å². The van der Waals surface area contributed by atoms with Gasteiger partial charge >= 0.3 is 6.18 Å². The van der Waals surface area contributed by atoms with Crippen LogP contribution in [0.3, 0.4) is 0 Å². The van der Waals surface area contributed by atoms with E-state index in [1.165, 1.54) is 6.07 Å². The highest BCUT2D eigenvalue weighted by Gasteiger charge is 2.31. The standard InChI is InChI=1S/C77H36F3N11/c1-44-29-54(77(78,79)80)14-21-58(44)51-9-20-63(75(37-51)90-71-25-11-48(60-22-15-55(85-2)32-53(60)43-84)34-65(71)67-36-50(13-27-72(67)90)62-23-16-56(86-3)38-70(62)89-6)64-24-17-57(87-4)39-76(64)91-73-26-10-47(59-18-7-45(40-81)30-52(59)42-83)33-66(73)68-35-49(12-28-74(68)91)61-19-8-46(41-82)31-69(61)88-5/h7-39H,1H3. The lowest BCUT2D eigenvalue weighted by molar-refractivity contribution is -0.137. The van der Waals surface area contributed by atoms with Crippen LogP contribution in [-0.2, 0) is 6.18 Å². The first kappa shape index (κ1) is 56.4. The number of nitriles is 4. The van der Waals surface area contributed by atoms with E-state index in [1.54, 1.807) is 91.9 Å². The maximum Gasteiger partial charge on any atom is 0.416 e. The molecule has 0 saturated carbocycles. The van der Waals surface area contributed by atoms with Crippen molar-refractivity contribution in [1.29, 1.82) is 21.0 Å². The summed E-state index contributed by atoms with van der Waals surface area (Å²) in [4.78, 5) is 18.7. The number of rotatable bonds is 8. The number of nitrogens with zero attached hydrogens (tertiary/aromatic N) is 11. The van der Waals surface area contributed by atoms with Crippen LogP contribution in [0.4, 0.5) is 41.6 Å². The van der Waals surface area contributed by atoms with Gasteiger partial charge < -0.3 is 9.13 Å². The van der Waals surface area contributed by atoms with Gasteiger partial charge in [-0.2, -0.15) is 34.2 Å². The van der Waals surface area contributed by atoms with Crippen LogP contribution in [0.15, 0.2) is 200 Å². The molecule has 11 aromatic carbocycles. The van der Waals surface area contributed by atoms with Crippen molar-refractivity contribution >= 4 is 72.0 Å². The quantitative estimate of drug-likeness (QED) is 0.140. The van der Waals surface area contributed by atoms with Gasteiger partial charge in [-0.15, -0.1) is 0 Å². The largest absolute Gasteiger partial charge is 0.416 e. The van der Waals surface area contributed by atoms with E-state index >= 15 is 0 Å². The maximum atomic E-state index is 14.3. The Morgan fingerprint density at radius 2 is 0.714 bits per heavy atom. The molecule has 0 aliphatic rings. The van der Waals surface area contributed by atoms with Crippen molar-refractivity contribution in [3.63, 3.8) is 0 Å². The van der Waals surface area contributed by atoms with Crippen molar-refractivity contribution < 1.29 is 13.2 Å². The van der Waals surface area contributed by atoms with Gasteiger partial charge in [0.2, 0.25) is 0 Å². The second-order valence-electron chi connectivity index (χ2n) is 21.5. The summed E-state index contributed by atoms with van der Waals surface area (Å²) in [5.74, 6) is 0. The van der Waals surface area contributed by atoms with Crippen molar-refractivity contribution in [2.24, 2.45) is 0 Å².